The molecule has 1 aromatic carbocycles. The lowest BCUT2D eigenvalue weighted by atomic mass is 9.80. The highest BCUT2D eigenvalue weighted by molar-refractivity contribution is 6.30. The van der Waals surface area contributed by atoms with E-state index in [1.54, 1.807) is 0 Å². The molecule has 2 rings (SSSR count). The summed E-state index contributed by atoms with van der Waals surface area (Å²) in [5.41, 5.74) is 0.524. The van der Waals surface area contributed by atoms with Gasteiger partial charge in [-0.1, -0.05) is 11.6 Å². The number of hydrogen-bond acceptors (Lipinski definition) is 3. The van der Waals surface area contributed by atoms with Crippen LogP contribution >= 0.6 is 11.6 Å². The molecule has 1 aliphatic carbocycles. The van der Waals surface area contributed by atoms with Gasteiger partial charge in [0.15, 0.2) is 0 Å². The predicted molar refractivity (Wildman–Crippen MR) is 77.8 cm³/mol. The minimum absolute atomic E-state index is 0.102. The Bertz CT molecular complexity index is 432. The van der Waals surface area contributed by atoms with E-state index in [0.717, 1.165) is 30.6 Å². The molecule has 1 saturated carbocycles. The van der Waals surface area contributed by atoms with E-state index in [2.05, 4.69) is 12.2 Å². The second kappa shape index (κ2) is 6.12. The first-order valence-electron chi connectivity index (χ1n) is 6.92. The van der Waals surface area contributed by atoms with E-state index in [-0.39, 0.29) is 6.04 Å². The third-order valence-electron chi connectivity index (χ3n) is 3.76. The predicted octanol–water partition coefficient (Wildman–Crippen LogP) is 3.30. The highest BCUT2D eigenvalue weighted by Gasteiger charge is 2.34. The standard InChI is InChI=1S/C15H22ClNO2/c1-3-19-14-6-5-12(16)9-13(14)11(2)17-10-15(18)7-4-8-15/h5-6,9,11,17-18H,3-4,7-8,10H2,1-2H3. The maximum absolute atomic E-state index is 10.1. The van der Waals surface area contributed by atoms with Crippen molar-refractivity contribution >= 4 is 11.6 Å². The van der Waals surface area contributed by atoms with Gasteiger partial charge in [-0.15, -0.1) is 0 Å². The normalized spacial score (nSPS) is 18.7. The Kier molecular flexibility index (Phi) is 4.71. The van der Waals surface area contributed by atoms with Gasteiger partial charge in [0.2, 0.25) is 0 Å². The molecule has 1 unspecified atom stereocenters. The summed E-state index contributed by atoms with van der Waals surface area (Å²) in [6.45, 7) is 5.28. The van der Waals surface area contributed by atoms with Crippen molar-refractivity contribution in [3.63, 3.8) is 0 Å². The van der Waals surface area contributed by atoms with E-state index < -0.39 is 5.60 Å². The lowest BCUT2D eigenvalue weighted by Gasteiger charge is -2.37. The van der Waals surface area contributed by atoms with Crippen LogP contribution in [0.5, 0.6) is 5.75 Å². The summed E-state index contributed by atoms with van der Waals surface area (Å²) < 4.78 is 5.62. The molecule has 0 saturated heterocycles. The monoisotopic (exact) mass is 283 g/mol. The van der Waals surface area contributed by atoms with Crippen molar-refractivity contribution in [1.29, 1.82) is 0 Å². The number of aliphatic hydroxyl groups is 1. The highest BCUT2D eigenvalue weighted by Crippen LogP contribution is 2.33. The molecule has 2 N–H and O–H groups in total. The van der Waals surface area contributed by atoms with Crippen molar-refractivity contribution < 1.29 is 9.84 Å². The van der Waals surface area contributed by atoms with Crippen molar-refractivity contribution in [2.75, 3.05) is 13.2 Å². The Hall–Kier alpha value is -0.770. The zero-order chi connectivity index (χ0) is 13.9. The summed E-state index contributed by atoms with van der Waals surface area (Å²) in [5, 5.41) is 14.2. The molecule has 1 fully saturated rings. The lowest BCUT2D eigenvalue weighted by molar-refractivity contribution is -0.0329. The lowest BCUT2D eigenvalue weighted by Crippen LogP contribution is -2.46. The molecule has 0 bridgehead atoms. The molecule has 106 valence electrons. The van der Waals surface area contributed by atoms with Gasteiger partial charge in [-0.05, 0) is 51.3 Å². The van der Waals surface area contributed by atoms with E-state index in [1.165, 1.54) is 0 Å². The van der Waals surface area contributed by atoms with Crippen LogP contribution in [0.4, 0.5) is 0 Å². The third-order valence-corrected chi connectivity index (χ3v) is 3.99. The van der Waals surface area contributed by atoms with Crippen LogP contribution in [0.15, 0.2) is 18.2 Å². The average Bonchev–Trinajstić information content (AvgIpc) is 2.36. The van der Waals surface area contributed by atoms with Crippen molar-refractivity contribution in [1.82, 2.24) is 5.32 Å². The van der Waals surface area contributed by atoms with Crippen LogP contribution in [-0.2, 0) is 0 Å². The number of rotatable bonds is 6. The molecule has 0 amide bonds. The van der Waals surface area contributed by atoms with Crippen molar-refractivity contribution in [3.05, 3.63) is 28.8 Å². The Morgan fingerprint density at radius 3 is 2.79 bits per heavy atom. The summed E-state index contributed by atoms with van der Waals surface area (Å²) in [4.78, 5) is 0. The van der Waals surface area contributed by atoms with Gasteiger partial charge in [0.05, 0.1) is 12.2 Å². The first-order valence-corrected chi connectivity index (χ1v) is 7.30. The number of nitrogens with one attached hydrogen (secondary N) is 1. The molecule has 0 aromatic heterocycles. The van der Waals surface area contributed by atoms with E-state index in [9.17, 15) is 5.11 Å². The molecule has 3 nitrogen and oxygen atoms in total. The van der Waals surface area contributed by atoms with Gasteiger partial charge in [-0.25, -0.2) is 0 Å². The maximum Gasteiger partial charge on any atom is 0.124 e. The second-order valence-corrected chi connectivity index (χ2v) is 5.73. The maximum atomic E-state index is 10.1. The Balaban J connectivity index is 2.04. The molecular formula is C15H22ClNO2. The molecular weight excluding hydrogens is 262 g/mol. The molecule has 1 atom stereocenters. The van der Waals surface area contributed by atoms with Gasteiger partial charge in [0.1, 0.15) is 5.75 Å². The van der Waals surface area contributed by atoms with Gasteiger partial charge in [-0.2, -0.15) is 0 Å². The smallest absolute Gasteiger partial charge is 0.124 e. The van der Waals surface area contributed by atoms with E-state index in [4.69, 9.17) is 16.3 Å². The molecule has 0 heterocycles. The fraction of sp³-hybridized carbons (Fsp3) is 0.600. The molecule has 19 heavy (non-hydrogen) atoms. The van der Waals surface area contributed by atoms with Crippen molar-refractivity contribution in [3.8, 4) is 5.75 Å². The van der Waals surface area contributed by atoms with Crippen LogP contribution in [-0.4, -0.2) is 23.9 Å². The fourth-order valence-corrected chi connectivity index (χ4v) is 2.54. The molecule has 0 spiro atoms. The van der Waals surface area contributed by atoms with Gasteiger partial charge in [-0.3, -0.25) is 0 Å². The molecule has 0 aliphatic heterocycles. The second-order valence-electron chi connectivity index (χ2n) is 5.30. The van der Waals surface area contributed by atoms with Crippen LogP contribution in [0, 0.1) is 0 Å². The summed E-state index contributed by atoms with van der Waals surface area (Å²) in [6.07, 6.45) is 2.90. The van der Waals surface area contributed by atoms with Crippen molar-refractivity contribution in [2.24, 2.45) is 0 Å². The van der Waals surface area contributed by atoms with Crippen LogP contribution in [0.1, 0.15) is 44.7 Å². The van der Waals surface area contributed by atoms with Gasteiger partial charge < -0.3 is 15.2 Å². The number of hydrogen-bond donors (Lipinski definition) is 2. The van der Waals surface area contributed by atoms with Gasteiger partial charge in [0.25, 0.3) is 0 Å². The first kappa shape index (κ1) is 14.6. The van der Waals surface area contributed by atoms with E-state index >= 15 is 0 Å². The summed E-state index contributed by atoms with van der Waals surface area (Å²) in [7, 11) is 0. The Labute approximate surface area is 119 Å². The summed E-state index contributed by atoms with van der Waals surface area (Å²) in [5.74, 6) is 0.854. The highest BCUT2D eigenvalue weighted by atomic mass is 35.5. The zero-order valence-electron chi connectivity index (χ0n) is 11.6. The number of benzene rings is 1. The SMILES string of the molecule is CCOc1ccc(Cl)cc1C(C)NCC1(O)CCC1. The third kappa shape index (κ3) is 3.62. The summed E-state index contributed by atoms with van der Waals surface area (Å²) >= 11 is 6.06. The topological polar surface area (TPSA) is 41.5 Å². The van der Waals surface area contributed by atoms with Gasteiger partial charge in [0, 0.05) is 23.2 Å². The molecule has 4 heteroatoms. The van der Waals surface area contributed by atoms with E-state index in [1.807, 2.05) is 25.1 Å². The summed E-state index contributed by atoms with van der Waals surface area (Å²) in [6, 6.07) is 5.76. The van der Waals surface area contributed by atoms with Crippen LogP contribution < -0.4 is 10.1 Å². The molecule has 1 aliphatic rings. The minimum Gasteiger partial charge on any atom is -0.494 e. The van der Waals surface area contributed by atoms with Crippen LogP contribution in [0.3, 0.4) is 0 Å². The number of ether oxygens (including phenoxy) is 1. The van der Waals surface area contributed by atoms with E-state index in [0.29, 0.717) is 18.2 Å². The van der Waals surface area contributed by atoms with Crippen molar-refractivity contribution in [2.45, 2.75) is 44.8 Å². The van der Waals surface area contributed by atoms with Crippen LogP contribution in [0.25, 0.3) is 0 Å². The Morgan fingerprint density at radius 1 is 1.47 bits per heavy atom. The zero-order valence-corrected chi connectivity index (χ0v) is 12.3. The average molecular weight is 284 g/mol. The Morgan fingerprint density at radius 2 is 2.21 bits per heavy atom. The first-order chi connectivity index (χ1) is 9.04. The quantitative estimate of drug-likeness (QED) is 0.842. The largest absolute Gasteiger partial charge is 0.494 e. The number of halogens is 1. The molecule has 1 aromatic rings. The van der Waals surface area contributed by atoms with Gasteiger partial charge >= 0.3 is 0 Å². The fourth-order valence-electron chi connectivity index (χ4n) is 2.36. The molecule has 0 radical (unpaired) electrons. The van der Waals surface area contributed by atoms with Crippen LogP contribution in [0.2, 0.25) is 5.02 Å². The minimum atomic E-state index is -0.515.